The van der Waals surface area contributed by atoms with Crippen molar-refractivity contribution in [2.45, 2.75) is 32.6 Å². The molecule has 1 aromatic carbocycles. The van der Waals surface area contributed by atoms with Crippen LogP contribution in [-0.2, 0) is 16.0 Å². The molecule has 4 rings (SSSR count). The average Bonchev–Trinajstić information content (AvgIpc) is 3.55. The van der Waals surface area contributed by atoms with Crippen LogP contribution >= 0.6 is 0 Å². The van der Waals surface area contributed by atoms with Crippen LogP contribution in [0.15, 0.2) is 48.9 Å². The van der Waals surface area contributed by atoms with Gasteiger partial charge in [-0.2, -0.15) is 5.10 Å². The maximum atomic E-state index is 12.6. The number of aromatic nitrogens is 3. The molecule has 0 saturated heterocycles. The summed E-state index contributed by atoms with van der Waals surface area (Å²) in [6.07, 6.45) is 8.93. The second-order valence-electron chi connectivity index (χ2n) is 8.69. The highest BCUT2D eigenvalue weighted by Crippen LogP contribution is 2.34. The molecule has 2 N–H and O–H groups in total. The quantitative estimate of drug-likeness (QED) is 0.343. The van der Waals surface area contributed by atoms with Crippen LogP contribution in [0.3, 0.4) is 0 Å². The summed E-state index contributed by atoms with van der Waals surface area (Å²) in [5, 5.41) is 9.57. The number of carbonyl (C=O) groups is 3. The first kappa shape index (κ1) is 24.1. The normalized spacial score (nSPS) is 12.7. The molecule has 182 valence electrons. The van der Waals surface area contributed by atoms with Crippen molar-refractivity contribution in [3.05, 3.63) is 65.6 Å². The van der Waals surface area contributed by atoms with E-state index in [1.807, 2.05) is 12.3 Å². The number of carbonyl (C=O) groups excluding carboxylic acids is 3. The summed E-state index contributed by atoms with van der Waals surface area (Å²) in [6.45, 7) is 2.63. The fourth-order valence-electron chi connectivity index (χ4n) is 3.87. The van der Waals surface area contributed by atoms with E-state index in [4.69, 9.17) is 4.74 Å². The number of ether oxygens (including phenoxy) is 1. The number of methoxy groups -OCH3 is 1. The summed E-state index contributed by atoms with van der Waals surface area (Å²) in [5.74, 6) is -0.363. The number of anilines is 1. The summed E-state index contributed by atoms with van der Waals surface area (Å²) < 4.78 is 4.98. The maximum Gasteiger partial charge on any atom is 0.340 e. The van der Waals surface area contributed by atoms with E-state index in [-0.39, 0.29) is 11.8 Å². The Labute approximate surface area is 203 Å². The first-order valence-corrected chi connectivity index (χ1v) is 11.7. The Morgan fingerprint density at radius 2 is 2.00 bits per heavy atom. The average molecular weight is 476 g/mol. The van der Waals surface area contributed by atoms with Gasteiger partial charge in [0.15, 0.2) is 0 Å². The summed E-state index contributed by atoms with van der Waals surface area (Å²) >= 11 is 0. The number of pyridine rings is 1. The molecule has 0 spiro atoms. The van der Waals surface area contributed by atoms with Crippen molar-refractivity contribution in [2.75, 3.05) is 25.1 Å². The second-order valence-corrected chi connectivity index (χ2v) is 8.69. The zero-order chi connectivity index (χ0) is 24.8. The van der Waals surface area contributed by atoms with Gasteiger partial charge in [0.05, 0.1) is 35.8 Å². The molecule has 1 aliphatic rings. The number of H-pyrrole nitrogens is 1. The Hall–Kier alpha value is -4.01. The van der Waals surface area contributed by atoms with E-state index >= 15 is 0 Å². The number of hydrogen-bond donors (Lipinski definition) is 2. The summed E-state index contributed by atoms with van der Waals surface area (Å²) in [5.41, 5.74) is 3.69. The Kier molecular flexibility index (Phi) is 7.54. The lowest BCUT2D eigenvalue weighted by Gasteiger charge is -2.23. The van der Waals surface area contributed by atoms with Gasteiger partial charge in [0.2, 0.25) is 5.91 Å². The number of amides is 2. The van der Waals surface area contributed by atoms with E-state index < -0.39 is 5.97 Å². The number of aromatic amines is 1. The van der Waals surface area contributed by atoms with Crippen molar-refractivity contribution in [1.82, 2.24) is 20.5 Å². The molecule has 2 aromatic heterocycles. The minimum absolute atomic E-state index is 0.118. The van der Waals surface area contributed by atoms with Gasteiger partial charge >= 0.3 is 5.97 Å². The number of esters is 1. The summed E-state index contributed by atoms with van der Waals surface area (Å²) in [6, 6.07) is 8.70. The van der Waals surface area contributed by atoms with Crippen LogP contribution in [0.25, 0.3) is 11.3 Å². The Bertz CT molecular complexity index is 1190. The van der Waals surface area contributed by atoms with Crippen LogP contribution in [-0.4, -0.2) is 53.2 Å². The number of hydrogen-bond acceptors (Lipinski definition) is 6. The predicted molar refractivity (Wildman–Crippen MR) is 131 cm³/mol. The molecule has 1 saturated carbocycles. The maximum absolute atomic E-state index is 12.6. The third-order valence-corrected chi connectivity index (χ3v) is 6.01. The van der Waals surface area contributed by atoms with Gasteiger partial charge in [0, 0.05) is 38.0 Å². The summed E-state index contributed by atoms with van der Waals surface area (Å²) in [7, 11) is 1.32. The van der Waals surface area contributed by atoms with Crippen LogP contribution < -0.4 is 10.2 Å². The fraction of sp³-hybridized carbons (Fsp3) is 0.346. The topological polar surface area (TPSA) is 117 Å². The minimum Gasteiger partial charge on any atom is -0.465 e. The molecule has 0 atom stereocenters. The van der Waals surface area contributed by atoms with E-state index in [1.54, 1.807) is 35.4 Å². The second kappa shape index (κ2) is 10.9. The number of nitrogens with one attached hydrogen (secondary N) is 2. The molecular formula is C26H29N5O4. The van der Waals surface area contributed by atoms with E-state index in [0.717, 1.165) is 31.2 Å². The van der Waals surface area contributed by atoms with Crippen molar-refractivity contribution in [1.29, 1.82) is 0 Å². The van der Waals surface area contributed by atoms with Gasteiger partial charge in [-0.15, -0.1) is 0 Å². The van der Waals surface area contributed by atoms with Crippen molar-refractivity contribution < 1.29 is 19.1 Å². The van der Waals surface area contributed by atoms with Crippen LogP contribution in [0.1, 0.15) is 52.5 Å². The minimum atomic E-state index is -0.518. The molecular weight excluding hydrogens is 446 g/mol. The first-order chi connectivity index (χ1) is 17.0. The van der Waals surface area contributed by atoms with Gasteiger partial charge in [-0.3, -0.25) is 19.7 Å². The number of aryl methyl sites for hydroxylation is 1. The lowest BCUT2D eigenvalue weighted by atomic mass is 10.0. The highest BCUT2D eigenvalue weighted by Gasteiger charge is 2.29. The third kappa shape index (κ3) is 6.11. The van der Waals surface area contributed by atoms with Crippen LogP contribution in [0, 0.1) is 5.92 Å². The van der Waals surface area contributed by atoms with Gasteiger partial charge in [0.1, 0.15) is 0 Å². The van der Waals surface area contributed by atoms with Gasteiger partial charge in [0.25, 0.3) is 5.91 Å². The molecule has 0 bridgehead atoms. The van der Waals surface area contributed by atoms with E-state index in [0.29, 0.717) is 47.1 Å². The van der Waals surface area contributed by atoms with Crippen molar-refractivity contribution in [2.24, 2.45) is 5.92 Å². The fourth-order valence-corrected chi connectivity index (χ4v) is 3.87. The number of benzene rings is 1. The highest BCUT2D eigenvalue weighted by atomic mass is 16.5. The molecule has 3 aromatic rings. The third-order valence-electron chi connectivity index (χ3n) is 6.01. The molecule has 0 aliphatic heterocycles. The van der Waals surface area contributed by atoms with E-state index in [1.165, 1.54) is 20.2 Å². The highest BCUT2D eigenvalue weighted by molar-refractivity contribution is 6.03. The molecule has 9 nitrogen and oxygen atoms in total. The largest absolute Gasteiger partial charge is 0.465 e. The number of rotatable bonds is 10. The standard InChI is InChI=1S/C26H29N5O4/c1-17(32)31(16-18-5-6-18)24-10-8-20(12-22(24)26(34)35-2)23-9-7-21(15-28-23)25(33)27-11-3-4-19-13-29-30-14-19/h7-10,12-15,18H,3-6,11,16H2,1-2H3,(H,27,33)(H,29,30). The van der Waals surface area contributed by atoms with E-state index in [2.05, 4.69) is 20.5 Å². The van der Waals surface area contributed by atoms with Crippen LogP contribution in [0.2, 0.25) is 0 Å². The molecule has 0 unspecified atom stereocenters. The molecule has 0 radical (unpaired) electrons. The Balaban J connectivity index is 1.46. The molecule has 1 fully saturated rings. The van der Waals surface area contributed by atoms with Crippen molar-refractivity contribution in [3.63, 3.8) is 0 Å². The smallest absolute Gasteiger partial charge is 0.340 e. The number of nitrogens with zero attached hydrogens (tertiary/aromatic N) is 3. The van der Waals surface area contributed by atoms with Crippen molar-refractivity contribution in [3.8, 4) is 11.3 Å². The first-order valence-electron chi connectivity index (χ1n) is 11.7. The zero-order valence-electron chi connectivity index (χ0n) is 19.9. The van der Waals surface area contributed by atoms with Gasteiger partial charge < -0.3 is 15.0 Å². The van der Waals surface area contributed by atoms with E-state index in [9.17, 15) is 14.4 Å². The Morgan fingerprint density at radius 3 is 2.63 bits per heavy atom. The molecule has 35 heavy (non-hydrogen) atoms. The molecule has 2 amide bonds. The van der Waals surface area contributed by atoms with Crippen molar-refractivity contribution >= 4 is 23.5 Å². The van der Waals surface area contributed by atoms with Gasteiger partial charge in [-0.05, 0) is 61.4 Å². The lowest BCUT2D eigenvalue weighted by molar-refractivity contribution is -0.116. The predicted octanol–water partition coefficient (Wildman–Crippen LogP) is 3.38. The zero-order valence-corrected chi connectivity index (χ0v) is 19.9. The van der Waals surface area contributed by atoms with Crippen LogP contribution in [0.5, 0.6) is 0 Å². The summed E-state index contributed by atoms with van der Waals surface area (Å²) in [4.78, 5) is 43.4. The lowest BCUT2D eigenvalue weighted by Crippen LogP contribution is -2.32. The molecule has 9 heteroatoms. The van der Waals surface area contributed by atoms with Crippen LogP contribution in [0.4, 0.5) is 5.69 Å². The SMILES string of the molecule is COC(=O)c1cc(-c2ccc(C(=O)NCCCc3cn[nH]c3)cn2)ccc1N(CC1CC1)C(C)=O. The monoisotopic (exact) mass is 475 g/mol. The molecule has 1 aliphatic carbocycles. The molecule has 2 heterocycles. The van der Waals surface area contributed by atoms with Gasteiger partial charge in [-0.1, -0.05) is 6.07 Å². The Morgan fingerprint density at radius 1 is 1.17 bits per heavy atom. The van der Waals surface area contributed by atoms with Gasteiger partial charge in [-0.25, -0.2) is 4.79 Å².